The Kier molecular flexibility index (Phi) is 8.40. The quantitative estimate of drug-likeness (QED) is 0.156. The van der Waals surface area contributed by atoms with Crippen LogP contribution in [0, 0.1) is 23.3 Å². The average Bonchev–Trinajstić information content (AvgIpc) is 3.62. The number of benzene rings is 2. The first kappa shape index (κ1) is 31.1. The maximum absolute atomic E-state index is 14.6. The fourth-order valence-electron chi connectivity index (χ4n) is 4.51. The molecule has 0 spiro atoms. The summed E-state index contributed by atoms with van der Waals surface area (Å²) in [7, 11) is 0. The molecule has 0 radical (unpaired) electrons. The molecule has 2 aromatic carbocycles. The van der Waals surface area contributed by atoms with Crippen LogP contribution in [0.5, 0.6) is 5.75 Å². The summed E-state index contributed by atoms with van der Waals surface area (Å²) in [5.74, 6) is -8.25. The van der Waals surface area contributed by atoms with E-state index in [0.717, 1.165) is 35.3 Å². The predicted molar refractivity (Wildman–Crippen MR) is 132 cm³/mol. The number of aromatic nitrogens is 6. The lowest BCUT2D eigenvalue weighted by Gasteiger charge is -2.41. The van der Waals surface area contributed by atoms with Gasteiger partial charge in [-0.1, -0.05) is 16.8 Å². The van der Waals surface area contributed by atoms with E-state index in [9.17, 15) is 46.1 Å². The topological polar surface area (TPSA) is 141 Å². The highest BCUT2D eigenvalue weighted by atomic mass is 79.9. The largest absolute Gasteiger partial charge is 0.573 e. The van der Waals surface area contributed by atoms with Crippen LogP contribution in [0.4, 0.5) is 30.7 Å². The normalized spacial score (nSPS) is 22.7. The first-order chi connectivity index (χ1) is 20.2. The van der Waals surface area contributed by atoms with Crippen molar-refractivity contribution in [2.75, 3.05) is 6.61 Å². The fraction of sp³-hybridized carbons (Fsp3) is 0.304. The Labute approximate surface area is 248 Å². The number of aliphatic hydroxyl groups is 3. The molecule has 0 aliphatic carbocycles. The van der Waals surface area contributed by atoms with Gasteiger partial charge < -0.3 is 24.8 Å². The van der Waals surface area contributed by atoms with Crippen molar-refractivity contribution >= 4 is 27.5 Å². The molecule has 0 saturated carbocycles. The molecule has 1 fully saturated rings. The molecule has 43 heavy (non-hydrogen) atoms. The molecule has 3 heterocycles. The summed E-state index contributed by atoms with van der Waals surface area (Å²) in [6, 6.07) is 1.47. The minimum atomic E-state index is -5.11. The highest BCUT2D eigenvalue weighted by molar-refractivity contribution is 9.10. The summed E-state index contributed by atoms with van der Waals surface area (Å²) in [5.41, 5.74) is -2.31. The van der Waals surface area contributed by atoms with Gasteiger partial charge in [-0.3, -0.25) is 4.57 Å². The van der Waals surface area contributed by atoms with E-state index < -0.39 is 88.2 Å². The van der Waals surface area contributed by atoms with Crippen molar-refractivity contribution in [1.82, 2.24) is 29.8 Å². The number of hydrogen-bond acceptors (Lipinski definition) is 9. The summed E-state index contributed by atoms with van der Waals surface area (Å²) in [6.45, 7) is -0.872. The van der Waals surface area contributed by atoms with E-state index in [0.29, 0.717) is 4.68 Å². The zero-order valence-corrected chi connectivity index (χ0v) is 23.1. The van der Waals surface area contributed by atoms with Crippen molar-refractivity contribution in [3.63, 3.8) is 0 Å². The van der Waals surface area contributed by atoms with E-state index >= 15 is 0 Å². The predicted octanol–water partition coefficient (Wildman–Crippen LogP) is 3.79. The molecule has 0 amide bonds. The van der Waals surface area contributed by atoms with E-state index in [4.69, 9.17) is 16.3 Å². The van der Waals surface area contributed by atoms with Crippen LogP contribution >= 0.6 is 27.5 Å². The van der Waals surface area contributed by atoms with Gasteiger partial charge in [0.15, 0.2) is 34.8 Å². The van der Waals surface area contributed by atoms with Gasteiger partial charge in [-0.05, 0) is 34.1 Å². The van der Waals surface area contributed by atoms with Crippen LogP contribution < -0.4 is 4.74 Å². The molecule has 1 aliphatic heterocycles. The summed E-state index contributed by atoms with van der Waals surface area (Å²) in [5, 5.41) is 46.6. The molecule has 4 aromatic rings. The molecule has 0 bridgehead atoms. The van der Waals surface area contributed by atoms with Crippen molar-refractivity contribution < 1.29 is 55.5 Å². The van der Waals surface area contributed by atoms with Crippen LogP contribution in [0.25, 0.3) is 16.9 Å². The van der Waals surface area contributed by atoms with Crippen LogP contribution in [-0.2, 0) is 4.74 Å². The van der Waals surface area contributed by atoms with Gasteiger partial charge in [0.05, 0.1) is 28.5 Å². The van der Waals surface area contributed by atoms with Gasteiger partial charge in [-0.2, -0.15) is 0 Å². The number of hydrogen-bond donors (Lipinski definition) is 3. The summed E-state index contributed by atoms with van der Waals surface area (Å²) < 4.78 is 107. The molecule has 1 saturated heterocycles. The second kappa shape index (κ2) is 11.6. The first-order valence-corrected chi connectivity index (χ1v) is 12.9. The number of rotatable bonds is 6. The Morgan fingerprint density at radius 3 is 2.33 bits per heavy atom. The molecule has 11 nitrogen and oxygen atoms in total. The molecule has 20 heteroatoms. The number of ether oxygens (including phenoxy) is 2. The Morgan fingerprint density at radius 1 is 1.02 bits per heavy atom. The van der Waals surface area contributed by atoms with Crippen molar-refractivity contribution in [3.05, 3.63) is 69.3 Å². The van der Waals surface area contributed by atoms with Crippen LogP contribution in [0.3, 0.4) is 0 Å². The van der Waals surface area contributed by atoms with Crippen LogP contribution in [0.1, 0.15) is 18.0 Å². The number of aliphatic hydroxyl groups excluding tert-OH is 3. The number of nitrogens with zero attached hydrogens (tertiary/aromatic N) is 6. The summed E-state index contributed by atoms with van der Waals surface area (Å²) >= 11 is 8.38. The van der Waals surface area contributed by atoms with Crippen molar-refractivity contribution in [2.45, 2.75) is 36.8 Å². The molecular formula is C23H15BrClF7N6O5. The highest BCUT2D eigenvalue weighted by Crippen LogP contribution is 2.41. The van der Waals surface area contributed by atoms with Crippen LogP contribution in [0.2, 0.25) is 5.02 Å². The van der Waals surface area contributed by atoms with Gasteiger partial charge in [0, 0.05) is 5.02 Å². The Bertz CT molecular complexity index is 1640. The molecule has 230 valence electrons. The van der Waals surface area contributed by atoms with Gasteiger partial charge in [-0.15, -0.1) is 28.5 Å². The minimum absolute atomic E-state index is 0.0220. The van der Waals surface area contributed by atoms with E-state index in [1.807, 2.05) is 0 Å². The average molecular weight is 704 g/mol. The van der Waals surface area contributed by atoms with Gasteiger partial charge in [0.2, 0.25) is 0 Å². The third kappa shape index (κ3) is 5.67. The standard InChI is InChI=1S/C23H15BrClF7N6O5/c24-13-16(28)14(26)12(15(27)17(13)29)8-4-38(36-34-8)18-19(40)11(5-39)42-21(20(18)41)22-35-33-6-37(22)9-3-7(25)1-2-10(9)43-23(30,31)32/h1-4,6,11,18-21,39-41H,5H2/t11-,18+,19+,20-,21-/m1/s1. The SMILES string of the molecule is OC[C@H]1O[C@@H](c2nncn2-c2cc(Cl)ccc2OC(F)(F)F)[C@H](O)[C@@H](n2cc(-c3c(F)c(F)c(Br)c(F)c3F)nn2)[C@H]1O. The van der Waals surface area contributed by atoms with Gasteiger partial charge in [0.25, 0.3) is 0 Å². The zero-order valence-electron chi connectivity index (χ0n) is 20.7. The van der Waals surface area contributed by atoms with E-state index in [1.54, 1.807) is 0 Å². The lowest BCUT2D eigenvalue weighted by molar-refractivity contribution is -0.274. The second-order valence-electron chi connectivity index (χ2n) is 9.00. The van der Waals surface area contributed by atoms with Crippen molar-refractivity contribution in [3.8, 4) is 22.7 Å². The summed E-state index contributed by atoms with van der Waals surface area (Å²) in [4.78, 5) is 0. The molecule has 5 rings (SSSR count). The van der Waals surface area contributed by atoms with Gasteiger partial charge in [0.1, 0.15) is 42.5 Å². The van der Waals surface area contributed by atoms with E-state index in [1.165, 1.54) is 0 Å². The molecule has 0 unspecified atom stereocenters. The van der Waals surface area contributed by atoms with Crippen molar-refractivity contribution in [2.24, 2.45) is 0 Å². The maximum atomic E-state index is 14.6. The monoisotopic (exact) mass is 702 g/mol. The molecule has 5 atom stereocenters. The number of alkyl halides is 3. The lowest BCUT2D eigenvalue weighted by atomic mass is 9.92. The molecular weight excluding hydrogens is 689 g/mol. The van der Waals surface area contributed by atoms with Crippen LogP contribution in [0.15, 0.2) is 35.2 Å². The Morgan fingerprint density at radius 2 is 1.70 bits per heavy atom. The molecule has 1 aliphatic rings. The summed E-state index contributed by atoms with van der Waals surface area (Å²) in [6.07, 6.45) is -10.3. The van der Waals surface area contributed by atoms with E-state index in [-0.39, 0.29) is 16.5 Å². The first-order valence-electron chi connectivity index (χ1n) is 11.7. The Balaban J connectivity index is 1.56. The minimum Gasteiger partial charge on any atom is -0.404 e. The second-order valence-corrected chi connectivity index (χ2v) is 10.2. The Hall–Kier alpha value is -3.36. The highest BCUT2D eigenvalue weighted by Gasteiger charge is 2.48. The van der Waals surface area contributed by atoms with Crippen LogP contribution in [-0.4, -0.2) is 76.4 Å². The third-order valence-corrected chi connectivity index (χ3v) is 7.34. The van der Waals surface area contributed by atoms with Gasteiger partial charge in [-0.25, -0.2) is 22.2 Å². The molecule has 3 N–H and O–H groups in total. The third-order valence-electron chi connectivity index (χ3n) is 6.41. The smallest absolute Gasteiger partial charge is 0.404 e. The maximum Gasteiger partial charge on any atom is 0.573 e. The lowest BCUT2D eigenvalue weighted by Crippen LogP contribution is -2.53. The number of halogens is 9. The van der Waals surface area contributed by atoms with Crippen molar-refractivity contribution in [1.29, 1.82) is 0 Å². The van der Waals surface area contributed by atoms with Gasteiger partial charge >= 0.3 is 6.36 Å². The van der Waals surface area contributed by atoms with E-state index in [2.05, 4.69) is 41.2 Å². The zero-order chi connectivity index (χ0) is 31.4. The molecule has 2 aromatic heterocycles. The fourth-order valence-corrected chi connectivity index (χ4v) is 5.02.